The molecule has 5 nitrogen and oxygen atoms in total. The van der Waals surface area contributed by atoms with Crippen LogP contribution in [-0.4, -0.2) is 46.7 Å². The van der Waals surface area contributed by atoms with Crippen molar-refractivity contribution >= 4 is 21.6 Å². The van der Waals surface area contributed by atoms with Gasteiger partial charge in [0.25, 0.3) is 0 Å². The molecule has 0 amide bonds. The summed E-state index contributed by atoms with van der Waals surface area (Å²) in [5.41, 5.74) is -0.481. The highest BCUT2D eigenvalue weighted by molar-refractivity contribution is 7.89. The Morgan fingerprint density at radius 3 is 2.38 bits per heavy atom. The van der Waals surface area contributed by atoms with E-state index in [4.69, 9.17) is 11.6 Å². The van der Waals surface area contributed by atoms with Gasteiger partial charge in [-0.25, -0.2) is 8.42 Å². The number of benzene rings is 1. The van der Waals surface area contributed by atoms with E-state index < -0.39 is 15.6 Å². The molecule has 1 fully saturated rings. The van der Waals surface area contributed by atoms with Crippen molar-refractivity contribution in [2.45, 2.75) is 24.3 Å². The molecule has 1 aliphatic rings. The molecule has 1 saturated heterocycles. The van der Waals surface area contributed by atoms with Gasteiger partial charge in [-0.2, -0.15) is 4.72 Å². The number of hydrogen-bond donors (Lipinski definition) is 3. The van der Waals surface area contributed by atoms with E-state index in [0.717, 1.165) is 32.7 Å². The summed E-state index contributed by atoms with van der Waals surface area (Å²) in [5, 5.41) is 2.83. The molecule has 1 aromatic carbocycles. The summed E-state index contributed by atoms with van der Waals surface area (Å²) in [6, 6.07) is 6.25. The lowest BCUT2D eigenvalue weighted by Crippen LogP contribution is -3.21. The Morgan fingerprint density at radius 2 is 1.81 bits per heavy atom. The van der Waals surface area contributed by atoms with Crippen LogP contribution in [0.25, 0.3) is 0 Å². The minimum absolute atomic E-state index is 0.252. The monoisotopic (exact) mass is 333 g/mol. The second-order valence-corrected chi connectivity index (χ2v) is 8.35. The fraction of sp³-hybridized carbons (Fsp3) is 0.571. The molecule has 2 rings (SSSR count). The van der Waals surface area contributed by atoms with Gasteiger partial charge >= 0.3 is 0 Å². The number of nitrogens with two attached hydrogens (primary N) is 1. The van der Waals surface area contributed by atoms with E-state index in [1.165, 1.54) is 17.0 Å². The third-order valence-electron chi connectivity index (χ3n) is 3.63. The first-order valence-corrected chi connectivity index (χ1v) is 9.09. The zero-order valence-corrected chi connectivity index (χ0v) is 14.1. The molecule has 4 N–H and O–H groups in total. The Bertz CT molecular complexity index is 566. The van der Waals surface area contributed by atoms with Crippen LogP contribution in [0.5, 0.6) is 0 Å². The van der Waals surface area contributed by atoms with Gasteiger partial charge in [-0.05, 0) is 38.1 Å². The van der Waals surface area contributed by atoms with Crippen LogP contribution in [0.15, 0.2) is 29.2 Å². The molecule has 0 aromatic heterocycles. The van der Waals surface area contributed by atoms with Gasteiger partial charge < -0.3 is 10.2 Å². The summed E-state index contributed by atoms with van der Waals surface area (Å²) in [6.07, 6.45) is 0. The maximum absolute atomic E-state index is 12.4. The molecule has 1 aliphatic heterocycles. The van der Waals surface area contributed by atoms with E-state index in [9.17, 15) is 8.42 Å². The molecule has 0 spiro atoms. The molecule has 7 heteroatoms. The molecular formula is C14H24ClN3O2S+2. The fourth-order valence-electron chi connectivity index (χ4n) is 2.76. The van der Waals surface area contributed by atoms with Crippen LogP contribution in [0.2, 0.25) is 5.02 Å². The third-order valence-corrected chi connectivity index (χ3v) is 5.60. The van der Waals surface area contributed by atoms with Crippen molar-refractivity contribution in [3.8, 4) is 0 Å². The second-order valence-electron chi connectivity index (χ2n) is 6.24. The third kappa shape index (κ3) is 4.93. The largest absolute Gasteiger partial charge is 0.337 e. The van der Waals surface area contributed by atoms with Crippen molar-refractivity contribution in [1.29, 1.82) is 0 Å². The van der Waals surface area contributed by atoms with Crippen molar-refractivity contribution in [2.75, 3.05) is 32.7 Å². The predicted molar refractivity (Wildman–Crippen MR) is 83.1 cm³/mol. The Morgan fingerprint density at radius 1 is 1.24 bits per heavy atom. The number of hydrogen-bond acceptors (Lipinski definition) is 2. The summed E-state index contributed by atoms with van der Waals surface area (Å²) in [4.78, 5) is 1.70. The van der Waals surface area contributed by atoms with E-state index in [1.54, 1.807) is 12.1 Å². The molecule has 0 aliphatic carbocycles. The van der Waals surface area contributed by atoms with Gasteiger partial charge in [-0.3, -0.25) is 0 Å². The van der Waals surface area contributed by atoms with Crippen molar-refractivity contribution < 1.29 is 18.6 Å². The number of sulfonamides is 1. The number of nitrogens with one attached hydrogen (secondary N) is 2. The number of quaternary nitrogens is 2. The molecule has 0 bridgehead atoms. The SMILES string of the molecule is CC(C)(C[NH+]1CC[NH2+]CC1)NS(=O)(=O)c1ccc(Cl)cc1. The molecule has 0 atom stereocenters. The average molecular weight is 334 g/mol. The normalized spacial score (nSPS) is 17.9. The van der Waals surface area contributed by atoms with Gasteiger partial charge in [-0.15, -0.1) is 0 Å². The van der Waals surface area contributed by atoms with E-state index in [1.807, 2.05) is 13.8 Å². The van der Waals surface area contributed by atoms with Crippen LogP contribution in [0.4, 0.5) is 0 Å². The molecule has 0 radical (unpaired) electrons. The van der Waals surface area contributed by atoms with Crippen LogP contribution in [0, 0.1) is 0 Å². The highest BCUT2D eigenvalue weighted by Crippen LogP contribution is 2.15. The van der Waals surface area contributed by atoms with Crippen molar-refractivity contribution in [1.82, 2.24) is 4.72 Å². The van der Waals surface area contributed by atoms with Crippen molar-refractivity contribution in [3.63, 3.8) is 0 Å². The predicted octanol–water partition coefficient (Wildman–Crippen LogP) is -1.14. The topological polar surface area (TPSA) is 67.2 Å². The first kappa shape index (κ1) is 16.7. The zero-order chi connectivity index (χ0) is 15.5. The highest BCUT2D eigenvalue weighted by atomic mass is 35.5. The van der Waals surface area contributed by atoms with Gasteiger partial charge in [0.05, 0.1) is 17.0 Å². The maximum atomic E-state index is 12.4. The summed E-state index contributed by atoms with van der Waals surface area (Å²) >= 11 is 5.80. The van der Waals surface area contributed by atoms with Crippen molar-refractivity contribution in [3.05, 3.63) is 29.3 Å². The molecule has 21 heavy (non-hydrogen) atoms. The lowest BCUT2D eigenvalue weighted by Gasteiger charge is -2.31. The molecule has 118 valence electrons. The molecular weight excluding hydrogens is 310 g/mol. The molecule has 1 heterocycles. The van der Waals surface area contributed by atoms with Gasteiger partial charge in [-0.1, -0.05) is 11.6 Å². The van der Waals surface area contributed by atoms with Gasteiger partial charge in [0.15, 0.2) is 0 Å². The average Bonchev–Trinajstić information content (AvgIpc) is 2.38. The Kier molecular flexibility index (Phi) is 5.27. The second kappa shape index (κ2) is 6.62. The van der Waals surface area contributed by atoms with Crippen LogP contribution in [0.3, 0.4) is 0 Å². The van der Waals surface area contributed by atoms with Gasteiger partial charge in [0.1, 0.15) is 26.2 Å². The lowest BCUT2D eigenvalue weighted by molar-refractivity contribution is -0.949. The standard InChI is InChI=1S/C14H22ClN3O2S/c1-14(2,11-18-9-7-16-8-10-18)17-21(19,20)13-5-3-12(15)4-6-13/h3-6,16-17H,7-11H2,1-2H3/p+2. The van der Waals surface area contributed by atoms with E-state index in [0.29, 0.717) is 5.02 Å². The lowest BCUT2D eigenvalue weighted by atomic mass is 10.1. The summed E-state index contributed by atoms with van der Waals surface area (Å²) in [7, 11) is -3.52. The van der Waals surface area contributed by atoms with Crippen LogP contribution < -0.4 is 14.9 Å². The van der Waals surface area contributed by atoms with Gasteiger partial charge in [0, 0.05) is 5.02 Å². The minimum Gasteiger partial charge on any atom is -0.337 e. The summed E-state index contributed by atoms with van der Waals surface area (Å²) in [6.45, 7) is 9.02. The smallest absolute Gasteiger partial charge is 0.241 e. The van der Waals surface area contributed by atoms with Gasteiger partial charge in [0.2, 0.25) is 10.0 Å². The Balaban J connectivity index is 2.05. The zero-order valence-electron chi connectivity index (χ0n) is 12.5. The quantitative estimate of drug-likeness (QED) is 0.637. The highest BCUT2D eigenvalue weighted by Gasteiger charge is 2.31. The first-order chi connectivity index (χ1) is 9.78. The number of rotatable bonds is 5. The van der Waals surface area contributed by atoms with E-state index in [2.05, 4.69) is 10.0 Å². The number of piperazine rings is 1. The maximum Gasteiger partial charge on any atom is 0.241 e. The van der Waals surface area contributed by atoms with E-state index >= 15 is 0 Å². The van der Waals surface area contributed by atoms with Crippen molar-refractivity contribution in [2.24, 2.45) is 0 Å². The summed E-state index contributed by atoms with van der Waals surface area (Å²) < 4.78 is 27.7. The molecule has 0 unspecified atom stereocenters. The van der Waals surface area contributed by atoms with Crippen LogP contribution >= 0.6 is 11.6 Å². The minimum atomic E-state index is -3.52. The molecule has 0 saturated carbocycles. The Labute approximate surface area is 131 Å². The summed E-state index contributed by atoms with van der Waals surface area (Å²) in [5.74, 6) is 0. The Hall–Kier alpha value is -0.660. The fourth-order valence-corrected chi connectivity index (χ4v) is 4.29. The van der Waals surface area contributed by atoms with E-state index in [-0.39, 0.29) is 4.90 Å². The van der Waals surface area contributed by atoms with Crippen LogP contribution in [-0.2, 0) is 10.0 Å². The first-order valence-electron chi connectivity index (χ1n) is 7.23. The van der Waals surface area contributed by atoms with Crippen LogP contribution in [0.1, 0.15) is 13.8 Å². The number of halogens is 1. The molecule has 1 aromatic rings.